The number of hydrogen-bond donors (Lipinski definition) is 0. The Balaban J connectivity index is 1.80. The SMILES string of the molecule is O=[N+]([O-])c1cccc(C=Nc2nnc(-c3ccccc3)s2)c1. The molecule has 2 aromatic carbocycles. The minimum Gasteiger partial charge on any atom is -0.258 e. The standard InChI is InChI=1S/C15H10N4O2S/c20-19(21)13-8-4-5-11(9-13)10-16-15-18-17-14(22-15)12-6-2-1-3-7-12/h1-10H. The maximum Gasteiger partial charge on any atom is 0.270 e. The number of nitro benzene ring substituents is 1. The summed E-state index contributed by atoms with van der Waals surface area (Å²) in [5.74, 6) is 0. The third-order valence-corrected chi connectivity index (χ3v) is 3.72. The molecule has 0 aliphatic heterocycles. The van der Waals surface area contributed by atoms with Crippen molar-refractivity contribution in [3.63, 3.8) is 0 Å². The van der Waals surface area contributed by atoms with Crippen molar-refractivity contribution in [3.05, 3.63) is 70.3 Å². The lowest BCUT2D eigenvalue weighted by atomic mass is 10.2. The molecule has 0 fully saturated rings. The van der Waals surface area contributed by atoms with E-state index in [0.717, 1.165) is 10.6 Å². The summed E-state index contributed by atoms with van der Waals surface area (Å²) in [5, 5.41) is 20.1. The van der Waals surface area contributed by atoms with Gasteiger partial charge in [0.1, 0.15) is 5.01 Å². The van der Waals surface area contributed by atoms with Gasteiger partial charge in [0.05, 0.1) is 4.92 Å². The third kappa shape index (κ3) is 3.21. The fourth-order valence-electron chi connectivity index (χ4n) is 1.81. The van der Waals surface area contributed by atoms with E-state index in [1.165, 1.54) is 23.5 Å². The summed E-state index contributed by atoms with van der Waals surface area (Å²) in [7, 11) is 0. The molecule has 0 N–H and O–H groups in total. The van der Waals surface area contributed by atoms with E-state index >= 15 is 0 Å². The fraction of sp³-hybridized carbons (Fsp3) is 0. The highest BCUT2D eigenvalue weighted by molar-refractivity contribution is 7.18. The van der Waals surface area contributed by atoms with Gasteiger partial charge in [-0.2, -0.15) is 0 Å². The van der Waals surface area contributed by atoms with Crippen molar-refractivity contribution >= 4 is 28.4 Å². The summed E-state index contributed by atoms with van der Waals surface area (Å²) in [6.45, 7) is 0. The normalized spacial score (nSPS) is 10.9. The first-order valence-corrected chi connectivity index (χ1v) is 7.21. The van der Waals surface area contributed by atoms with Crippen LogP contribution in [0.1, 0.15) is 5.56 Å². The van der Waals surface area contributed by atoms with Crippen LogP contribution in [0.4, 0.5) is 10.8 Å². The summed E-state index contributed by atoms with van der Waals surface area (Å²) in [5.41, 5.74) is 1.66. The molecule has 0 bridgehead atoms. The Labute approximate surface area is 130 Å². The van der Waals surface area contributed by atoms with Crippen LogP contribution in [0.5, 0.6) is 0 Å². The lowest BCUT2D eigenvalue weighted by Gasteiger charge is -1.93. The number of benzene rings is 2. The van der Waals surface area contributed by atoms with Crippen LogP contribution in [0.25, 0.3) is 10.6 Å². The predicted octanol–water partition coefficient (Wildman–Crippen LogP) is 3.86. The number of aliphatic imine (C=N–C) groups is 1. The van der Waals surface area contributed by atoms with Gasteiger partial charge in [-0.1, -0.05) is 53.8 Å². The van der Waals surface area contributed by atoms with Crippen LogP contribution >= 0.6 is 11.3 Å². The Hall–Kier alpha value is -2.93. The highest BCUT2D eigenvalue weighted by Crippen LogP contribution is 2.27. The first kappa shape index (κ1) is 14.0. The zero-order valence-electron chi connectivity index (χ0n) is 11.3. The van der Waals surface area contributed by atoms with Crippen LogP contribution in [0.15, 0.2) is 59.6 Å². The van der Waals surface area contributed by atoms with Gasteiger partial charge >= 0.3 is 0 Å². The van der Waals surface area contributed by atoms with E-state index in [2.05, 4.69) is 15.2 Å². The highest BCUT2D eigenvalue weighted by Gasteiger charge is 2.06. The Morgan fingerprint density at radius 2 is 1.91 bits per heavy atom. The van der Waals surface area contributed by atoms with Crippen LogP contribution < -0.4 is 0 Å². The van der Waals surface area contributed by atoms with Gasteiger partial charge in [0.2, 0.25) is 5.13 Å². The molecule has 0 saturated heterocycles. The van der Waals surface area contributed by atoms with Gasteiger partial charge in [0.15, 0.2) is 0 Å². The number of non-ortho nitro benzene ring substituents is 1. The minimum absolute atomic E-state index is 0.0335. The van der Waals surface area contributed by atoms with E-state index in [-0.39, 0.29) is 5.69 Å². The van der Waals surface area contributed by atoms with Gasteiger partial charge in [0, 0.05) is 23.9 Å². The summed E-state index contributed by atoms with van der Waals surface area (Å²) in [6.07, 6.45) is 1.54. The second kappa shape index (κ2) is 6.23. The molecular weight excluding hydrogens is 300 g/mol. The quantitative estimate of drug-likeness (QED) is 0.416. The zero-order chi connectivity index (χ0) is 15.4. The van der Waals surface area contributed by atoms with Crippen LogP contribution in [0, 0.1) is 10.1 Å². The monoisotopic (exact) mass is 310 g/mol. The Kier molecular flexibility index (Phi) is 3.97. The van der Waals surface area contributed by atoms with E-state index in [0.29, 0.717) is 10.7 Å². The van der Waals surface area contributed by atoms with Gasteiger partial charge < -0.3 is 0 Å². The van der Waals surface area contributed by atoms with Gasteiger partial charge in [-0.15, -0.1) is 10.2 Å². The molecule has 1 heterocycles. The van der Waals surface area contributed by atoms with Gasteiger partial charge in [0.25, 0.3) is 5.69 Å². The molecule has 0 aliphatic carbocycles. The molecule has 3 rings (SSSR count). The lowest BCUT2D eigenvalue weighted by molar-refractivity contribution is -0.384. The molecule has 3 aromatic rings. The summed E-state index contributed by atoms with van der Waals surface area (Å²) < 4.78 is 0. The average Bonchev–Trinajstić information content (AvgIpc) is 3.03. The van der Waals surface area contributed by atoms with Crippen LogP contribution in [-0.4, -0.2) is 21.3 Å². The maximum atomic E-state index is 10.7. The zero-order valence-corrected chi connectivity index (χ0v) is 12.1. The Morgan fingerprint density at radius 3 is 2.68 bits per heavy atom. The van der Waals surface area contributed by atoms with Crippen molar-refractivity contribution < 1.29 is 4.92 Å². The number of hydrogen-bond acceptors (Lipinski definition) is 6. The van der Waals surface area contributed by atoms with Crippen LogP contribution in [0.2, 0.25) is 0 Å². The molecule has 0 amide bonds. The van der Waals surface area contributed by atoms with Crippen molar-refractivity contribution in [2.45, 2.75) is 0 Å². The molecule has 0 aliphatic rings. The molecule has 0 saturated carbocycles. The predicted molar refractivity (Wildman–Crippen MR) is 85.7 cm³/mol. The number of nitro groups is 1. The molecule has 108 valence electrons. The number of aromatic nitrogens is 2. The van der Waals surface area contributed by atoms with Gasteiger partial charge in [-0.05, 0) is 5.56 Å². The van der Waals surface area contributed by atoms with Crippen molar-refractivity contribution in [2.75, 3.05) is 0 Å². The smallest absolute Gasteiger partial charge is 0.258 e. The molecule has 0 unspecified atom stereocenters. The first-order valence-electron chi connectivity index (χ1n) is 6.40. The molecule has 1 aromatic heterocycles. The van der Waals surface area contributed by atoms with Crippen LogP contribution in [-0.2, 0) is 0 Å². The van der Waals surface area contributed by atoms with E-state index in [4.69, 9.17) is 0 Å². The Morgan fingerprint density at radius 1 is 1.09 bits per heavy atom. The van der Waals surface area contributed by atoms with Gasteiger partial charge in [-0.3, -0.25) is 10.1 Å². The van der Waals surface area contributed by atoms with Crippen molar-refractivity contribution in [2.24, 2.45) is 4.99 Å². The minimum atomic E-state index is -0.435. The number of rotatable bonds is 4. The summed E-state index contributed by atoms with van der Waals surface area (Å²) in [6, 6.07) is 16.0. The van der Waals surface area contributed by atoms with Crippen molar-refractivity contribution in [3.8, 4) is 10.6 Å². The van der Waals surface area contributed by atoms with Gasteiger partial charge in [-0.25, -0.2) is 4.99 Å². The average molecular weight is 310 g/mol. The molecule has 0 radical (unpaired) electrons. The third-order valence-electron chi connectivity index (χ3n) is 2.84. The van der Waals surface area contributed by atoms with Crippen LogP contribution in [0.3, 0.4) is 0 Å². The molecule has 0 spiro atoms. The lowest BCUT2D eigenvalue weighted by Crippen LogP contribution is -1.89. The fourth-order valence-corrected chi connectivity index (χ4v) is 2.51. The maximum absolute atomic E-state index is 10.7. The van der Waals surface area contributed by atoms with E-state index in [1.54, 1.807) is 18.3 Å². The molecule has 22 heavy (non-hydrogen) atoms. The topological polar surface area (TPSA) is 81.3 Å². The largest absolute Gasteiger partial charge is 0.270 e. The first-order chi connectivity index (χ1) is 10.7. The number of nitrogens with zero attached hydrogens (tertiary/aromatic N) is 4. The van der Waals surface area contributed by atoms with Crippen molar-refractivity contribution in [1.82, 2.24) is 10.2 Å². The second-order valence-corrected chi connectivity index (χ2v) is 5.32. The molecule has 6 nitrogen and oxygen atoms in total. The van der Waals surface area contributed by atoms with E-state index in [9.17, 15) is 10.1 Å². The Bertz CT molecular complexity index is 830. The summed E-state index contributed by atoms with van der Waals surface area (Å²) in [4.78, 5) is 14.5. The van der Waals surface area contributed by atoms with E-state index in [1.807, 2.05) is 30.3 Å². The summed E-state index contributed by atoms with van der Waals surface area (Å²) >= 11 is 1.36. The molecular formula is C15H10N4O2S. The molecule has 7 heteroatoms. The van der Waals surface area contributed by atoms with E-state index < -0.39 is 4.92 Å². The second-order valence-electron chi connectivity index (χ2n) is 4.37. The molecule has 0 atom stereocenters. The van der Waals surface area contributed by atoms with Crippen molar-refractivity contribution in [1.29, 1.82) is 0 Å². The highest BCUT2D eigenvalue weighted by atomic mass is 32.1.